The first-order valence-electron chi connectivity index (χ1n) is 9.30. The van der Waals surface area contributed by atoms with Crippen molar-refractivity contribution >= 4 is 46.9 Å². The maximum Gasteiger partial charge on any atom is 0.335 e. The van der Waals surface area contributed by atoms with E-state index in [1.54, 1.807) is 18.2 Å². The largest absolute Gasteiger partial charge is 0.493 e. The number of ether oxygens (including phenoxy) is 2. The number of aromatic carboxylic acids is 1. The van der Waals surface area contributed by atoms with Gasteiger partial charge in [0, 0.05) is 0 Å². The topological polar surface area (TPSA) is 105 Å². The average molecular weight is 440 g/mol. The van der Waals surface area contributed by atoms with Crippen LogP contribution in [0, 0.1) is 0 Å². The van der Waals surface area contributed by atoms with Gasteiger partial charge in [0.05, 0.1) is 24.5 Å². The maximum absolute atomic E-state index is 13.1. The van der Waals surface area contributed by atoms with Crippen LogP contribution in [0.25, 0.3) is 6.08 Å². The normalized spacial score (nSPS) is 15.3. The first-order chi connectivity index (χ1) is 14.7. The molecule has 0 spiro atoms. The maximum atomic E-state index is 13.1. The Morgan fingerprint density at radius 3 is 2.55 bits per heavy atom. The zero-order chi connectivity index (χ0) is 22.7. The molecule has 3 rings (SSSR count). The van der Waals surface area contributed by atoms with Gasteiger partial charge >= 0.3 is 5.97 Å². The van der Waals surface area contributed by atoms with Crippen LogP contribution in [-0.4, -0.2) is 41.2 Å². The van der Waals surface area contributed by atoms with Gasteiger partial charge in [-0.05, 0) is 68.0 Å². The molecule has 1 fully saturated rings. The Labute approximate surface area is 184 Å². The molecule has 0 unspecified atom stereocenters. The number of rotatable bonds is 6. The minimum Gasteiger partial charge on any atom is -0.493 e. The molecule has 0 saturated carbocycles. The van der Waals surface area contributed by atoms with Gasteiger partial charge in [0.25, 0.3) is 11.8 Å². The van der Waals surface area contributed by atoms with Crippen LogP contribution < -0.4 is 19.7 Å². The van der Waals surface area contributed by atoms with E-state index in [1.807, 2.05) is 13.8 Å². The van der Waals surface area contributed by atoms with E-state index in [4.69, 9.17) is 21.7 Å². The van der Waals surface area contributed by atoms with Crippen molar-refractivity contribution in [3.05, 3.63) is 59.2 Å². The fourth-order valence-corrected chi connectivity index (χ4v) is 3.24. The van der Waals surface area contributed by atoms with Gasteiger partial charge in [-0.1, -0.05) is 12.1 Å². The van der Waals surface area contributed by atoms with E-state index in [-0.39, 0.29) is 28.0 Å². The lowest BCUT2D eigenvalue weighted by molar-refractivity contribution is -0.122. The molecular weight excluding hydrogens is 420 g/mol. The van der Waals surface area contributed by atoms with E-state index in [9.17, 15) is 19.5 Å². The highest BCUT2D eigenvalue weighted by atomic mass is 32.1. The number of carboxylic acids is 1. The summed E-state index contributed by atoms with van der Waals surface area (Å²) in [5.74, 6) is -1.48. The van der Waals surface area contributed by atoms with Crippen LogP contribution in [0.4, 0.5) is 5.69 Å². The third-order valence-electron chi connectivity index (χ3n) is 4.31. The Balaban J connectivity index is 1.99. The average Bonchev–Trinajstić information content (AvgIpc) is 2.71. The highest BCUT2D eigenvalue weighted by Gasteiger charge is 2.34. The van der Waals surface area contributed by atoms with Crippen LogP contribution >= 0.6 is 12.2 Å². The summed E-state index contributed by atoms with van der Waals surface area (Å²) < 4.78 is 11.0. The number of nitrogens with one attached hydrogen (secondary N) is 1. The fourth-order valence-electron chi connectivity index (χ4n) is 2.96. The summed E-state index contributed by atoms with van der Waals surface area (Å²) >= 11 is 5.15. The predicted octanol–water partition coefficient (Wildman–Crippen LogP) is 3.01. The molecule has 0 bridgehead atoms. The molecule has 1 aliphatic heterocycles. The number of amides is 2. The van der Waals surface area contributed by atoms with Gasteiger partial charge in [-0.2, -0.15) is 0 Å². The molecule has 160 valence electrons. The van der Waals surface area contributed by atoms with Gasteiger partial charge < -0.3 is 14.6 Å². The first kappa shape index (κ1) is 22.0. The number of methoxy groups -OCH3 is 1. The molecule has 2 aromatic carbocycles. The molecule has 2 aromatic rings. The van der Waals surface area contributed by atoms with E-state index in [0.29, 0.717) is 17.1 Å². The van der Waals surface area contributed by atoms with Crippen molar-refractivity contribution in [1.82, 2.24) is 5.32 Å². The van der Waals surface area contributed by atoms with Gasteiger partial charge in [0.2, 0.25) is 0 Å². The van der Waals surface area contributed by atoms with Crippen LogP contribution in [0.5, 0.6) is 11.5 Å². The highest BCUT2D eigenvalue weighted by Crippen LogP contribution is 2.30. The van der Waals surface area contributed by atoms with E-state index < -0.39 is 17.8 Å². The number of anilines is 1. The Morgan fingerprint density at radius 1 is 1.16 bits per heavy atom. The van der Waals surface area contributed by atoms with Crippen LogP contribution in [0.3, 0.4) is 0 Å². The van der Waals surface area contributed by atoms with E-state index in [0.717, 1.165) is 4.90 Å². The molecule has 2 amide bonds. The lowest BCUT2D eigenvalue weighted by Gasteiger charge is -2.29. The summed E-state index contributed by atoms with van der Waals surface area (Å²) in [6.07, 6.45) is 1.36. The van der Waals surface area contributed by atoms with Gasteiger partial charge in [0.1, 0.15) is 5.57 Å². The van der Waals surface area contributed by atoms with Crippen LogP contribution in [-0.2, 0) is 9.59 Å². The van der Waals surface area contributed by atoms with Crippen molar-refractivity contribution in [3.8, 4) is 11.5 Å². The Hall–Kier alpha value is -3.72. The van der Waals surface area contributed by atoms with E-state index in [1.165, 1.54) is 37.5 Å². The standard InChI is InChI=1S/C22H20N2O6S/c1-12(2)30-17-8-7-13(10-18(17)29-3)9-16-19(25)23-22(31)24(20(16)26)15-6-4-5-14(11-15)21(27)28/h4-12H,1-3H3,(H,27,28)(H,23,25,31). The van der Waals surface area contributed by atoms with Gasteiger partial charge in [-0.25, -0.2) is 4.79 Å². The Morgan fingerprint density at radius 2 is 1.90 bits per heavy atom. The number of hydrogen-bond acceptors (Lipinski definition) is 6. The Kier molecular flexibility index (Phi) is 6.36. The quantitative estimate of drug-likeness (QED) is 0.404. The van der Waals surface area contributed by atoms with Crippen molar-refractivity contribution in [1.29, 1.82) is 0 Å². The molecule has 8 nitrogen and oxygen atoms in total. The van der Waals surface area contributed by atoms with E-state index in [2.05, 4.69) is 5.32 Å². The number of hydrogen-bond donors (Lipinski definition) is 2. The number of carbonyl (C=O) groups excluding carboxylic acids is 2. The summed E-state index contributed by atoms with van der Waals surface area (Å²) in [5, 5.41) is 11.6. The number of benzene rings is 2. The molecule has 0 atom stereocenters. The second kappa shape index (κ2) is 8.97. The lowest BCUT2D eigenvalue weighted by Crippen LogP contribution is -2.54. The van der Waals surface area contributed by atoms with Crippen LogP contribution in [0.15, 0.2) is 48.0 Å². The van der Waals surface area contributed by atoms with Crippen molar-refractivity contribution in [2.75, 3.05) is 12.0 Å². The molecule has 1 saturated heterocycles. The first-order valence-corrected chi connectivity index (χ1v) is 9.71. The number of carbonyl (C=O) groups is 3. The van der Waals surface area contributed by atoms with Crippen molar-refractivity contribution in [3.63, 3.8) is 0 Å². The number of thiocarbonyl (C=S) groups is 1. The number of carboxylic acid groups (broad SMARTS) is 1. The van der Waals surface area contributed by atoms with Gasteiger partial charge in [-0.15, -0.1) is 0 Å². The van der Waals surface area contributed by atoms with Crippen LogP contribution in [0.1, 0.15) is 29.8 Å². The summed E-state index contributed by atoms with van der Waals surface area (Å²) in [7, 11) is 1.49. The molecule has 0 radical (unpaired) electrons. The SMILES string of the molecule is COc1cc(C=C2C(=O)NC(=S)N(c3cccc(C(=O)O)c3)C2=O)ccc1OC(C)C. The molecule has 1 aliphatic rings. The summed E-state index contributed by atoms with van der Waals surface area (Å²) in [6, 6.07) is 10.8. The zero-order valence-electron chi connectivity index (χ0n) is 17.0. The highest BCUT2D eigenvalue weighted by molar-refractivity contribution is 7.80. The molecule has 31 heavy (non-hydrogen) atoms. The lowest BCUT2D eigenvalue weighted by atomic mass is 10.1. The fraction of sp³-hybridized carbons (Fsp3) is 0.182. The van der Waals surface area contributed by atoms with Crippen molar-refractivity contribution in [2.24, 2.45) is 0 Å². The van der Waals surface area contributed by atoms with Gasteiger partial charge in [0.15, 0.2) is 16.6 Å². The molecule has 0 aromatic heterocycles. The third-order valence-corrected chi connectivity index (χ3v) is 4.60. The molecule has 2 N–H and O–H groups in total. The second-order valence-electron chi connectivity index (χ2n) is 6.89. The summed E-state index contributed by atoms with van der Waals surface area (Å²) in [4.78, 5) is 37.9. The van der Waals surface area contributed by atoms with Crippen molar-refractivity contribution < 1.29 is 29.0 Å². The number of nitrogens with zero attached hydrogens (tertiary/aromatic N) is 1. The molecular formula is C22H20N2O6S. The minimum absolute atomic E-state index is 0.0130. The summed E-state index contributed by atoms with van der Waals surface area (Å²) in [5.41, 5.74) is 0.604. The predicted molar refractivity (Wildman–Crippen MR) is 118 cm³/mol. The van der Waals surface area contributed by atoms with Crippen molar-refractivity contribution in [2.45, 2.75) is 20.0 Å². The molecule has 0 aliphatic carbocycles. The minimum atomic E-state index is -1.15. The molecule has 9 heteroatoms. The molecule has 1 heterocycles. The Bertz CT molecular complexity index is 1110. The monoisotopic (exact) mass is 440 g/mol. The summed E-state index contributed by atoms with van der Waals surface area (Å²) in [6.45, 7) is 3.77. The van der Waals surface area contributed by atoms with Gasteiger partial charge in [-0.3, -0.25) is 19.8 Å². The zero-order valence-corrected chi connectivity index (χ0v) is 17.9. The third kappa shape index (κ3) is 4.72. The van der Waals surface area contributed by atoms with E-state index >= 15 is 0 Å². The van der Waals surface area contributed by atoms with Crippen LogP contribution in [0.2, 0.25) is 0 Å². The second-order valence-corrected chi connectivity index (χ2v) is 7.28. The smallest absolute Gasteiger partial charge is 0.335 e.